The molecule has 0 bridgehead atoms. The Balaban J connectivity index is 1.54. The molecule has 1 amide bonds. The Hall–Kier alpha value is -3.70. The highest BCUT2D eigenvalue weighted by Gasteiger charge is 2.15. The second kappa shape index (κ2) is 10.7. The van der Waals surface area contributed by atoms with Gasteiger partial charge in [0.2, 0.25) is 0 Å². The van der Waals surface area contributed by atoms with Gasteiger partial charge in [0.15, 0.2) is 5.82 Å². The van der Waals surface area contributed by atoms with Gasteiger partial charge in [-0.05, 0) is 36.4 Å². The Kier molecular flexibility index (Phi) is 7.47. The third-order valence-corrected chi connectivity index (χ3v) is 5.69. The molecule has 0 saturated carbocycles. The second-order valence-corrected chi connectivity index (χ2v) is 8.15. The minimum Gasteiger partial charge on any atom is -0.455 e. The fourth-order valence-corrected chi connectivity index (χ4v) is 3.85. The van der Waals surface area contributed by atoms with Crippen LogP contribution < -0.4 is 15.4 Å². The number of thiol groups is 1. The van der Waals surface area contributed by atoms with E-state index in [2.05, 4.69) is 33.2 Å². The van der Waals surface area contributed by atoms with Crippen LogP contribution in [-0.2, 0) is 11.3 Å². The number of aromatic nitrogens is 3. The van der Waals surface area contributed by atoms with Crippen molar-refractivity contribution in [3.8, 4) is 11.5 Å². The molecule has 2 aromatic heterocycles. The largest absolute Gasteiger partial charge is 0.455 e. The van der Waals surface area contributed by atoms with Gasteiger partial charge >= 0.3 is 6.43 Å². The summed E-state index contributed by atoms with van der Waals surface area (Å²) in [6.45, 7) is 0.265. The zero-order valence-corrected chi connectivity index (χ0v) is 19.7. The molecule has 180 valence electrons. The first-order valence-electron chi connectivity index (χ1n) is 10.3. The van der Waals surface area contributed by atoms with E-state index in [0.717, 1.165) is 6.21 Å². The summed E-state index contributed by atoms with van der Waals surface area (Å²) in [5, 5.41) is 13.3. The number of hydrogen-bond acceptors (Lipinski definition) is 7. The van der Waals surface area contributed by atoms with Gasteiger partial charge in [-0.15, -0.1) is 12.6 Å². The van der Waals surface area contributed by atoms with Gasteiger partial charge in [0, 0.05) is 41.6 Å². The lowest BCUT2D eigenvalue weighted by atomic mass is 10.2. The summed E-state index contributed by atoms with van der Waals surface area (Å²) in [6.07, 6.45) is 1.23. The van der Waals surface area contributed by atoms with Crippen molar-refractivity contribution in [2.75, 3.05) is 11.9 Å². The average Bonchev–Trinajstić information content (AvgIpc) is 3.25. The van der Waals surface area contributed by atoms with Crippen LogP contribution in [0.5, 0.6) is 11.5 Å². The summed E-state index contributed by atoms with van der Waals surface area (Å²) >= 11 is 10.8. The van der Waals surface area contributed by atoms with Crippen molar-refractivity contribution >= 4 is 58.9 Å². The Morgan fingerprint density at radius 3 is 2.80 bits per heavy atom. The number of hydrogen-bond donors (Lipinski definition) is 4. The Labute approximate surface area is 209 Å². The summed E-state index contributed by atoms with van der Waals surface area (Å²) in [6, 6.07) is 12.1. The summed E-state index contributed by atoms with van der Waals surface area (Å²) in [5.41, 5.74) is 2.43. The van der Waals surface area contributed by atoms with Crippen LogP contribution in [0.25, 0.3) is 11.0 Å². The quantitative estimate of drug-likeness (QED) is 0.179. The van der Waals surface area contributed by atoms with Crippen LogP contribution >= 0.6 is 24.2 Å². The van der Waals surface area contributed by atoms with Gasteiger partial charge in [-0.1, -0.05) is 17.7 Å². The molecule has 4 aromatic rings. The van der Waals surface area contributed by atoms with E-state index in [-0.39, 0.29) is 13.1 Å². The van der Waals surface area contributed by atoms with Crippen molar-refractivity contribution in [2.45, 2.75) is 17.9 Å². The molecule has 4 rings (SSSR count). The van der Waals surface area contributed by atoms with Crippen LogP contribution in [0.3, 0.4) is 0 Å². The van der Waals surface area contributed by atoms with E-state index in [4.69, 9.17) is 21.7 Å². The van der Waals surface area contributed by atoms with E-state index in [9.17, 15) is 13.6 Å². The molecule has 12 heteroatoms. The van der Waals surface area contributed by atoms with Gasteiger partial charge in [0.25, 0.3) is 5.91 Å². The van der Waals surface area contributed by atoms with Gasteiger partial charge in [-0.25, -0.2) is 9.97 Å². The standard InChI is InChI=1S/C23H19ClF2N6O2S/c24-15-10-13(4-5-18(15)34-17-2-1-3-19(35)14(17)11-27)31-22-20-16(29-12-30-22)6-8-32(20)9-7-28-23(33)21(25)26/h1-6,8,10-12,21,27,35H,7,9H2,(H,28,33)(H,29,30,31). The summed E-state index contributed by atoms with van der Waals surface area (Å²) in [5.74, 6) is -0.00441. The maximum Gasteiger partial charge on any atom is 0.315 e. The fraction of sp³-hybridized carbons (Fsp3) is 0.130. The van der Waals surface area contributed by atoms with Gasteiger partial charge in [-0.2, -0.15) is 8.78 Å². The second-order valence-electron chi connectivity index (χ2n) is 7.26. The molecule has 0 unspecified atom stereocenters. The number of nitrogens with one attached hydrogen (secondary N) is 3. The van der Waals surface area contributed by atoms with E-state index >= 15 is 0 Å². The molecule has 0 aliphatic heterocycles. The topological polar surface area (TPSA) is 105 Å². The normalized spacial score (nSPS) is 11.0. The van der Waals surface area contributed by atoms with Crippen molar-refractivity contribution in [2.24, 2.45) is 0 Å². The predicted molar refractivity (Wildman–Crippen MR) is 133 cm³/mol. The molecular weight excluding hydrogens is 498 g/mol. The number of halogens is 3. The van der Waals surface area contributed by atoms with Gasteiger partial charge in [0.1, 0.15) is 23.3 Å². The number of anilines is 2. The van der Waals surface area contributed by atoms with Crippen LogP contribution in [-0.4, -0.2) is 39.6 Å². The monoisotopic (exact) mass is 516 g/mol. The van der Waals surface area contributed by atoms with Crippen molar-refractivity contribution in [3.05, 3.63) is 65.6 Å². The Bertz CT molecular complexity index is 1400. The number of carbonyl (C=O) groups is 1. The molecule has 0 spiro atoms. The smallest absolute Gasteiger partial charge is 0.315 e. The SMILES string of the molecule is N=Cc1c(S)cccc1Oc1ccc(Nc2ncnc3ccn(CCNC(=O)C(F)F)c23)cc1Cl. The van der Waals surface area contributed by atoms with E-state index in [1.807, 2.05) is 0 Å². The number of amides is 1. The maximum absolute atomic E-state index is 12.4. The van der Waals surface area contributed by atoms with Crippen LogP contribution in [0.4, 0.5) is 20.3 Å². The van der Waals surface area contributed by atoms with E-state index in [1.54, 1.807) is 53.2 Å². The van der Waals surface area contributed by atoms with Gasteiger partial charge in [-0.3, -0.25) is 4.79 Å². The van der Waals surface area contributed by atoms with Crippen molar-refractivity contribution in [3.63, 3.8) is 0 Å². The summed E-state index contributed by atoms with van der Waals surface area (Å²) < 4.78 is 32.5. The first-order valence-corrected chi connectivity index (χ1v) is 11.1. The molecule has 2 heterocycles. The third-order valence-electron chi connectivity index (χ3n) is 5.00. The van der Waals surface area contributed by atoms with Gasteiger partial charge in [0.05, 0.1) is 10.5 Å². The number of nitrogens with zero attached hydrogens (tertiary/aromatic N) is 3. The van der Waals surface area contributed by atoms with E-state index in [0.29, 0.717) is 49.5 Å². The maximum atomic E-state index is 12.4. The summed E-state index contributed by atoms with van der Waals surface area (Å²) in [7, 11) is 0. The highest BCUT2D eigenvalue weighted by molar-refractivity contribution is 7.80. The lowest BCUT2D eigenvalue weighted by molar-refractivity contribution is -0.131. The number of benzene rings is 2. The summed E-state index contributed by atoms with van der Waals surface area (Å²) in [4.78, 5) is 20.3. The average molecular weight is 517 g/mol. The zero-order chi connectivity index (χ0) is 24.9. The molecule has 0 atom stereocenters. The molecule has 0 aliphatic rings. The molecule has 0 fully saturated rings. The molecule has 0 radical (unpaired) electrons. The molecule has 0 aliphatic carbocycles. The number of rotatable bonds is 9. The van der Waals surface area contributed by atoms with Crippen LogP contribution in [0.2, 0.25) is 5.02 Å². The zero-order valence-electron chi connectivity index (χ0n) is 18.0. The highest BCUT2D eigenvalue weighted by atomic mass is 35.5. The third kappa shape index (κ3) is 5.52. The van der Waals surface area contributed by atoms with Crippen LogP contribution in [0.15, 0.2) is 59.9 Å². The Morgan fingerprint density at radius 1 is 1.23 bits per heavy atom. The first kappa shape index (κ1) is 24.4. The van der Waals surface area contributed by atoms with E-state index < -0.39 is 12.3 Å². The Morgan fingerprint density at radius 2 is 2.06 bits per heavy atom. The minimum absolute atomic E-state index is 0.0182. The molecule has 0 saturated heterocycles. The predicted octanol–water partition coefficient (Wildman–Crippen LogP) is 5.29. The van der Waals surface area contributed by atoms with Crippen molar-refractivity contribution in [1.82, 2.24) is 19.9 Å². The number of ether oxygens (including phenoxy) is 1. The lowest BCUT2D eigenvalue weighted by Gasteiger charge is -2.14. The number of fused-ring (bicyclic) bond motifs is 1. The minimum atomic E-state index is -3.06. The molecule has 2 aromatic carbocycles. The molecular formula is C23H19ClF2N6O2S. The molecule has 35 heavy (non-hydrogen) atoms. The van der Waals surface area contributed by atoms with Crippen molar-refractivity contribution < 1.29 is 18.3 Å². The molecule has 3 N–H and O–H groups in total. The lowest BCUT2D eigenvalue weighted by Crippen LogP contribution is -2.32. The number of alkyl halides is 2. The van der Waals surface area contributed by atoms with Crippen LogP contribution in [0.1, 0.15) is 5.56 Å². The van der Waals surface area contributed by atoms with Crippen molar-refractivity contribution in [1.29, 1.82) is 5.41 Å². The van der Waals surface area contributed by atoms with Crippen LogP contribution in [0, 0.1) is 5.41 Å². The first-order chi connectivity index (χ1) is 16.9. The van der Waals surface area contributed by atoms with E-state index in [1.165, 1.54) is 6.33 Å². The van der Waals surface area contributed by atoms with Gasteiger partial charge < -0.3 is 25.3 Å². The fourth-order valence-electron chi connectivity index (χ4n) is 3.37. The molecule has 8 nitrogen and oxygen atoms in total. The highest BCUT2D eigenvalue weighted by Crippen LogP contribution is 2.35. The number of carbonyl (C=O) groups excluding carboxylic acids is 1.